The SMILES string of the molecule is C1CCC2(CC1)CN=NS2. The lowest BCUT2D eigenvalue weighted by Crippen LogP contribution is -2.28. The van der Waals surface area contributed by atoms with Gasteiger partial charge < -0.3 is 0 Å². The van der Waals surface area contributed by atoms with Crippen molar-refractivity contribution < 1.29 is 0 Å². The Bertz CT molecular complexity index is 140. The van der Waals surface area contributed by atoms with Crippen molar-refractivity contribution in [3.05, 3.63) is 0 Å². The molecule has 1 saturated carbocycles. The van der Waals surface area contributed by atoms with E-state index in [0.29, 0.717) is 4.75 Å². The molecule has 0 radical (unpaired) electrons. The van der Waals surface area contributed by atoms with Gasteiger partial charge in [0.15, 0.2) is 0 Å². The molecule has 1 fully saturated rings. The largest absolute Gasteiger partial charge is 0.180 e. The Kier molecular flexibility index (Phi) is 1.68. The molecule has 10 heavy (non-hydrogen) atoms. The van der Waals surface area contributed by atoms with Gasteiger partial charge in [0.1, 0.15) is 0 Å². The molecule has 56 valence electrons. The van der Waals surface area contributed by atoms with Crippen LogP contribution in [0.1, 0.15) is 32.1 Å². The molecule has 0 aromatic rings. The second-order valence-corrected chi connectivity index (χ2v) is 4.43. The minimum atomic E-state index is 0.457. The third-order valence-corrected chi connectivity index (χ3v) is 3.54. The van der Waals surface area contributed by atoms with Crippen LogP contribution in [0.5, 0.6) is 0 Å². The molecule has 0 bridgehead atoms. The van der Waals surface area contributed by atoms with E-state index >= 15 is 0 Å². The van der Waals surface area contributed by atoms with E-state index in [-0.39, 0.29) is 0 Å². The normalized spacial score (nSPS) is 29.6. The fourth-order valence-electron chi connectivity index (χ4n) is 1.75. The Labute approximate surface area is 65.6 Å². The van der Waals surface area contributed by atoms with Crippen LogP contribution in [-0.4, -0.2) is 11.3 Å². The van der Waals surface area contributed by atoms with E-state index in [1.54, 1.807) is 11.9 Å². The van der Waals surface area contributed by atoms with Crippen molar-refractivity contribution in [1.29, 1.82) is 0 Å². The van der Waals surface area contributed by atoms with Gasteiger partial charge in [-0.2, -0.15) is 5.11 Å². The van der Waals surface area contributed by atoms with Crippen LogP contribution in [0.25, 0.3) is 0 Å². The summed E-state index contributed by atoms with van der Waals surface area (Å²) in [5.74, 6) is 0. The van der Waals surface area contributed by atoms with E-state index < -0.39 is 0 Å². The Hall–Kier alpha value is -0.0500. The first-order valence-electron chi connectivity index (χ1n) is 3.96. The summed E-state index contributed by atoms with van der Waals surface area (Å²) >= 11 is 1.72. The topological polar surface area (TPSA) is 24.7 Å². The van der Waals surface area contributed by atoms with Gasteiger partial charge in [0.05, 0.1) is 11.3 Å². The van der Waals surface area contributed by atoms with Crippen LogP contribution in [0.2, 0.25) is 0 Å². The van der Waals surface area contributed by atoms with Crippen LogP contribution in [0.3, 0.4) is 0 Å². The van der Waals surface area contributed by atoms with E-state index in [4.69, 9.17) is 0 Å². The molecular weight excluding hydrogens is 144 g/mol. The molecule has 1 spiro atoms. The van der Waals surface area contributed by atoms with Crippen molar-refractivity contribution in [2.24, 2.45) is 9.63 Å². The van der Waals surface area contributed by atoms with Crippen molar-refractivity contribution in [2.75, 3.05) is 6.54 Å². The quantitative estimate of drug-likeness (QED) is 0.495. The van der Waals surface area contributed by atoms with Crippen LogP contribution in [-0.2, 0) is 0 Å². The summed E-state index contributed by atoms with van der Waals surface area (Å²) in [7, 11) is 0. The number of nitrogens with zero attached hydrogens (tertiary/aromatic N) is 2. The lowest BCUT2D eigenvalue weighted by molar-refractivity contribution is 0.409. The third kappa shape index (κ3) is 1.07. The van der Waals surface area contributed by atoms with Gasteiger partial charge in [-0.3, -0.25) is 0 Å². The zero-order valence-electron chi connectivity index (χ0n) is 6.05. The molecule has 0 unspecified atom stereocenters. The molecule has 2 aliphatic rings. The van der Waals surface area contributed by atoms with E-state index in [1.807, 2.05) is 0 Å². The van der Waals surface area contributed by atoms with Crippen molar-refractivity contribution in [2.45, 2.75) is 36.9 Å². The first-order valence-corrected chi connectivity index (χ1v) is 4.74. The fraction of sp³-hybridized carbons (Fsp3) is 1.00. The van der Waals surface area contributed by atoms with E-state index in [0.717, 1.165) is 6.54 Å². The molecule has 0 aromatic carbocycles. The van der Waals surface area contributed by atoms with Crippen molar-refractivity contribution >= 4 is 11.9 Å². The molecule has 2 rings (SSSR count). The average molecular weight is 156 g/mol. The number of hydrogen-bond acceptors (Lipinski definition) is 3. The molecule has 0 aromatic heterocycles. The van der Waals surface area contributed by atoms with Crippen LogP contribution >= 0.6 is 11.9 Å². The summed E-state index contributed by atoms with van der Waals surface area (Å²) in [6, 6.07) is 0. The van der Waals surface area contributed by atoms with Crippen LogP contribution in [0.15, 0.2) is 9.63 Å². The molecule has 1 heterocycles. The maximum absolute atomic E-state index is 4.05. The van der Waals surface area contributed by atoms with Gasteiger partial charge in [-0.15, -0.1) is 4.52 Å². The summed E-state index contributed by atoms with van der Waals surface area (Å²) < 4.78 is 4.46. The maximum atomic E-state index is 4.05. The highest BCUT2D eigenvalue weighted by atomic mass is 32.2. The van der Waals surface area contributed by atoms with Crippen molar-refractivity contribution in [3.8, 4) is 0 Å². The standard InChI is InChI=1S/C7H12N2S/c1-2-4-7(5-3-1)6-8-9-10-7/h1-6H2. The minimum Gasteiger partial charge on any atom is -0.180 e. The molecule has 0 saturated heterocycles. The number of hydrogen-bond donors (Lipinski definition) is 0. The van der Waals surface area contributed by atoms with Gasteiger partial charge in [-0.05, 0) is 12.8 Å². The molecule has 1 aliphatic heterocycles. The highest BCUT2D eigenvalue weighted by molar-refractivity contribution is 7.99. The van der Waals surface area contributed by atoms with Crippen molar-refractivity contribution in [1.82, 2.24) is 0 Å². The van der Waals surface area contributed by atoms with Gasteiger partial charge in [0.2, 0.25) is 0 Å². The van der Waals surface area contributed by atoms with E-state index in [2.05, 4.69) is 9.63 Å². The first-order chi connectivity index (χ1) is 4.91. The third-order valence-electron chi connectivity index (χ3n) is 2.42. The molecule has 0 amide bonds. The summed E-state index contributed by atoms with van der Waals surface area (Å²) in [6.07, 6.45) is 6.87. The van der Waals surface area contributed by atoms with Gasteiger partial charge in [-0.1, -0.05) is 19.3 Å². The van der Waals surface area contributed by atoms with Crippen LogP contribution in [0.4, 0.5) is 0 Å². The summed E-state index contributed by atoms with van der Waals surface area (Å²) in [6.45, 7) is 0.984. The lowest BCUT2D eigenvalue weighted by atomic mass is 9.88. The Morgan fingerprint density at radius 1 is 1.10 bits per heavy atom. The van der Waals surface area contributed by atoms with Gasteiger partial charge in [0, 0.05) is 11.9 Å². The second-order valence-electron chi connectivity index (χ2n) is 3.22. The first kappa shape index (κ1) is 6.65. The molecule has 2 nitrogen and oxygen atoms in total. The van der Waals surface area contributed by atoms with Crippen LogP contribution < -0.4 is 0 Å². The lowest BCUT2D eigenvalue weighted by Gasteiger charge is -2.28. The smallest absolute Gasteiger partial charge is 0.0775 e. The monoisotopic (exact) mass is 156 g/mol. The zero-order valence-corrected chi connectivity index (χ0v) is 6.86. The fourth-order valence-corrected chi connectivity index (χ4v) is 2.62. The Balaban J connectivity index is 2.00. The van der Waals surface area contributed by atoms with Crippen molar-refractivity contribution in [3.63, 3.8) is 0 Å². The Morgan fingerprint density at radius 2 is 1.90 bits per heavy atom. The maximum Gasteiger partial charge on any atom is 0.0775 e. The van der Waals surface area contributed by atoms with Gasteiger partial charge >= 0.3 is 0 Å². The molecule has 3 heteroatoms. The predicted molar refractivity (Wildman–Crippen MR) is 43.1 cm³/mol. The van der Waals surface area contributed by atoms with Crippen LogP contribution in [0, 0.1) is 0 Å². The molecule has 0 atom stereocenters. The second kappa shape index (κ2) is 2.53. The van der Waals surface area contributed by atoms with E-state index in [1.165, 1.54) is 32.1 Å². The van der Waals surface area contributed by atoms with Gasteiger partial charge in [0.25, 0.3) is 0 Å². The highest BCUT2D eigenvalue weighted by Crippen LogP contribution is 2.44. The van der Waals surface area contributed by atoms with E-state index in [9.17, 15) is 0 Å². The van der Waals surface area contributed by atoms with Gasteiger partial charge in [-0.25, -0.2) is 0 Å². The predicted octanol–water partition coefficient (Wildman–Crippen LogP) is 2.80. The summed E-state index contributed by atoms with van der Waals surface area (Å²) in [5, 5.41) is 4.05. The summed E-state index contributed by atoms with van der Waals surface area (Å²) in [5.41, 5.74) is 0. The highest BCUT2D eigenvalue weighted by Gasteiger charge is 2.35. The summed E-state index contributed by atoms with van der Waals surface area (Å²) in [4.78, 5) is 0. The molecular formula is C7H12N2S. The minimum absolute atomic E-state index is 0.457. The molecule has 0 N–H and O–H groups in total. The average Bonchev–Trinajstić information content (AvgIpc) is 2.39. The zero-order chi connectivity index (χ0) is 6.86. The number of rotatable bonds is 0. The Morgan fingerprint density at radius 3 is 2.50 bits per heavy atom. The molecule has 1 aliphatic carbocycles.